The van der Waals surface area contributed by atoms with E-state index in [1.807, 2.05) is 43.3 Å². The second kappa shape index (κ2) is 4.45. The van der Waals surface area contributed by atoms with E-state index in [1.165, 1.54) is 7.05 Å². The molecule has 0 aromatic heterocycles. The molecule has 0 saturated heterocycles. The van der Waals surface area contributed by atoms with E-state index in [0.29, 0.717) is 16.2 Å². The van der Waals surface area contributed by atoms with E-state index in [1.54, 1.807) is 12.1 Å². The van der Waals surface area contributed by atoms with Crippen LogP contribution in [0.2, 0.25) is 0 Å². The van der Waals surface area contributed by atoms with Crippen LogP contribution in [0, 0.1) is 6.92 Å². The molecule has 5 heteroatoms. The number of nitrogens with zero attached hydrogens (tertiary/aromatic N) is 2. The molecule has 0 amide bonds. The lowest BCUT2D eigenvalue weighted by atomic mass is 10.0. The van der Waals surface area contributed by atoms with E-state index in [-0.39, 0.29) is 0 Å². The Balaban J connectivity index is 2.31. The van der Waals surface area contributed by atoms with Gasteiger partial charge in [-0.2, -0.15) is 17.9 Å². The van der Waals surface area contributed by atoms with Crippen molar-refractivity contribution in [2.24, 2.45) is 5.10 Å². The maximum Gasteiger partial charge on any atom is 0.279 e. The molecule has 4 nitrogen and oxygen atoms in total. The fraction of sp³-hybridized carbons (Fsp3) is 0.133. The molecule has 0 saturated carbocycles. The van der Waals surface area contributed by atoms with Crippen LogP contribution >= 0.6 is 0 Å². The average molecular weight is 286 g/mol. The highest BCUT2D eigenvalue weighted by molar-refractivity contribution is 7.89. The summed E-state index contributed by atoms with van der Waals surface area (Å²) >= 11 is 0. The number of hydrogen-bond donors (Lipinski definition) is 0. The molecular formula is C15H14N2O2S. The fourth-order valence-corrected chi connectivity index (χ4v) is 3.40. The molecule has 102 valence electrons. The van der Waals surface area contributed by atoms with Crippen molar-refractivity contribution in [3.05, 3.63) is 65.2 Å². The molecular weight excluding hydrogens is 272 g/mol. The predicted octanol–water partition coefficient (Wildman–Crippen LogP) is 2.38. The van der Waals surface area contributed by atoms with Crippen LogP contribution in [0.25, 0.3) is 0 Å². The maximum absolute atomic E-state index is 12.3. The SMILES string of the molecule is Cc1ccc2c(c1)C(c1ccccc1)=NN(C)S2(=O)=O. The number of sulfonamides is 1. The van der Waals surface area contributed by atoms with Gasteiger partial charge in [0.05, 0.1) is 4.90 Å². The van der Waals surface area contributed by atoms with E-state index >= 15 is 0 Å². The topological polar surface area (TPSA) is 49.7 Å². The molecule has 1 aliphatic heterocycles. The van der Waals surface area contributed by atoms with Gasteiger partial charge in [-0.1, -0.05) is 42.0 Å². The van der Waals surface area contributed by atoms with Gasteiger partial charge in [0.15, 0.2) is 0 Å². The van der Waals surface area contributed by atoms with E-state index in [2.05, 4.69) is 5.10 Å². The minimum absolute atomic E-state index is 0.305. The van der Waals surface area contributed by atoms with Gasteiger partial charge in [-0.25, -0.2) is 0 Å². The minimum Gasteiger partial charge on any atom is -0.200 e. The summed E-state index contributed by atoms with van der Waals surface area (Å²) in [6, 6.07) is 14.9. The monoisotopic (exact) mass is 286 g/mol. The van der Waals surface area contributed by atoms with Crippen molar-refractivity contribution < 1.29 is 8.42 Å². The van der Waals surface area contributed by atoms with Crippen LogP contribution in [0.5, 0.6) is 0 Å². The summed E-state index contributed by atoms with van der Waals surface area (Å²) in [5.74, 6) is 0. The van der Waals surface area contributed by atoms with E-state index < -0.39 is 10.0 Å². The quantitative estimate of drug-likeness (QED) is 0.808. The summed E-state index contributed by atoms with van der Waals surface area (Å²) in [5, 5.41) is 4.25. The van der Waals surface area contributed by atoms with Crippen LogP contribution < -0.4 is 0 Å². The molecule has 0 radical (unpaired) electrons. The van der Waals surface area contributed by atoms with Gasteiger partial charge in [0.1, 0.15) is 5.71 Å². The highest BCUT2D eigenvalue weighted by Crippen LogP contribution is 2.28. The fourth-order valence-electron chi connectivity index (χ4n) is 2.25. The first-order valence-electron chi connectivity index (χ1n) is 6.24. The van der Waals surface area contributed by atoms with E-state index in [0.717, 1.165) is 15.5 Å². The summed E-state index contributed by atoms with van der Waals surface area (Å²) in [6.45, 7) is 1.94. The standard InChI is InChI=1S/C15H14N2O2S/c1-11-8-9-14-13(10-11)15(12-6-4-3-5-7-12)16-17(2)20(14,18)19/h3-10H,1-2H3. The molecule has 0 spiro atoms. The van der Waals surface area contributed by atoms with Crippen molar-refractivity contribution in [1.29, 1.82) is 0 Å². The third-order valence-electron chi connectivity index (χ3n) is 3.30. The molecule has 0 fully saturated rings. The first-order valence-corrected chi connectivity index (χ1v) is 7.68. The molecule has 20 heavy (non-hydrogen) atoms. The molecule has 1 aliphatic rings. The largest absolute Gasteiger partial charge is 0.279 e. The van der Waals surface area contributed by atoms with Crippen molar-refractivity contribution in [2.45, 2.75) is 11.8 Å². The Labute approximate surface area is 118 Å². The summed E-state index contributed by atoms with van der Waals surface area (Å²) in [7, 11) is -2.07. The number of hydrogen-bond acceptors (Lipinski definition) is 3. The van der Waals surface area contributed by atoms with E-state index in [4.69, 9.17) is 0 Å². The van der Waals surface area contributed by atoms with Gasteiger partial charge in [-0.05, 0) is 19.1 Å². The van der Waals surface area contributed by atoms with Crippen LogP contribution in [0.4, 0.5) is 0 Å². The molecule has 0 atom stereocenters. The van der Waals surface area contributed by atoms with Crippen LogP contribution in [0.3, 0.4) is 0 Å². The van der Waals surface area contributed by atoms with Gasteiger partial charge < -0.3 is 0 Å². The molecule has 3 rings (SSSR count). The van der Waals surface area contributed by atoms with Crippen molar-refractivity contribution >= 4 is 15.7 Å². The third kappa shape index (κ3) is 1.91. The van der Waals surface area contributed by atoms with Gasteiger partial charge >= 0.3 is 0 Å². The Morgan fingerprint density at radius 1 is 1.05 bits per heavy atom. The smallest absolute Gasteiger partial charge is 0.200 e. The summed E-state index contributed by atoms with van der Waals surface area (Å²) in [4.78, 5) is 0.305. The lowest BCUT2D eigenvalue weighted by molar-refractivity contribution is 0.485. The Morgan fingerprint density at radius 2 is 1.75 bits per heavy atom. The zero-order valence-electron chi connectivity index (χ0n) is 11.2. The number of fused-ring (bicyclic) bond motifs is 1. The van der Waals surface area contributed by atoms with Gasteiger partial charge in [-0.15, -0.1) is 0 Å². The lowest BCUT2D eigenvalue weighted by Gasteiger charge is -2.24. The number of rotatable bonds is 1. The molecule has 0 N–H and O–H groups in total. The van der Waals surface area contributed by atoms with Gasteiger partial charge in [0, 0.05) is 18.2 Å². The Hall–Kier alpha value is -2.14. The zero-order valence-corrected chi connectivity index (χ0v) is 12.1. The first kappa shape index (κ1) is 12.9. The molecule has 1 heterocycles. The lowest BCUT2D eigenvalue weighted by Crippen LogP contribution is -2.30. The van der Waals surface area contributed by atoms with Gasteiger partial charge in [0.2, 0.25) is 0 Å². The summed E-state index contributed by atoms with van der Waals surface area (Å²) < 4.78 is 25.7. The summed E-state index contributed by atoms with van der Waals surface area (Å²) in [6.07, 6.45) is 0. The van der Waals surface area contributed by atoms with Crippen molar-refractivity contribution in [2.75, 3.05) is 7.05 Å². The number of benzene rings is 2. The molecule has 0 unspecified atom stereocenters. The van der Waals surface area contributed by atoms with Crippen LogP contribution in [0.1, 0.15) is 16.7 Å². The molecule has 2 aromatic rings. The molecule has 0 bridgehead atoms. The second-order valence-electron chi connectivity index (χ2n) is 4.75. The maximum atomic E-state index is 12.3. The first-order chi connectivity index (χ1) is 9.50. The highest BCUT2D eigenvalue weighted by atomic mass is 32.2. The Kier molecular flexibility index (Phi) is 2.87. The number of hydrazone groups is 1. The second-order valence-corrected chi connectivity index (χ2v) is 6.67. The predicted molar refractivity (Wildman–Crippen MR) is 78.2 cm³/mol. The minimum atomic E-state index is -3.53. The normalized spacial score (nSPS) is 16.5. The van der Waals surface area contributed by atoms with Gasteiger partial charge in [0.25, 0.3) is 10.0 Å². The van der Waals surface area contributed by atoms with Gasteiger partial charge in [-0.3, -0.25) is 0 Å². The summed E-state index contributed by atoms with van der Waals surface area (Å²) in [5.41, 5.74) is 3.25. The molecule has 2 aromatic carbocycles. The third-order valence-corrected chi connectivity index (χ3v) is 4.99. The Morgan fingerprint density at radius 3 is 2.45 bits per heavy atom. The van der Waals surface area contributed by atoms with Crippen LogP contribution in [0.15, 0.2) is 58.5 Å². The Bertz CT molecular complexity index is 796. The zero-order chi connectivity index (χ0) is 14.3. The van der Waals surface area contributed by atoms with Crippen LogP contribution in [-0.2, 0) is 10.0 Å². The van der Waals surface area contributed by atoms with Crippen molar-refractivity contribution in [1.82, 2.24) is 4.41 Å². The average Bonchev–Trinajstić information content (AvgIpc) is 2.44. The van der Waals surface area contributed by atoms with E-state index in [9.17, 15) is 8.42 Å². The van der Waals surface area contributed by atoms with Crippen LogP contribution in [-0.4, -0.2) is 25.6 Å². The van der Waals surface area contributed by atoms with Crippen molar-refractivity contribution in [3.63, 3.8) is 0 Å². The van der Waals surface area contributed by atoms with Crippen molar-refractivity contribution in [3.8, 4) is 0 Å². The molecule has 0 aliphatic carbocycles. The highest BCUT2D eigenvalue weighted by Gasteiger charge is 2.30. The number of aryl methyl sites for hydroxylation is 1.